The van der Waals surface area contributed by atoms with E-state index in [9.17, 15) is 0 Å². The van der Waals surface area contributed by atoms with Crippen LogP contribution in [-0.2, 0) is 6.42 Å². The lowest BCUT2D eigenvalue weighted by atomic mass is 10.1. The Bertz CT molecular complexity index is 309. The Balaban J connectivity index is 2.24. The molecule has 0 fully saturated rings. The molecule has 2 nitrogen and oxygen atoms in total. The molecule has 0 saturated carbocycles. The first-order chi connectivity index (χ1) is 6.86. The van der Waals surface area contributed by atoms with Crippen LogP contribution in [0.15, 0.2) is 24.3 Å². The SMILES string of the molecule is CCN1c2ccccc2CC1CNC. The highest BCUT2D eigenvalue weighted by Gasteiger charge is 2.26. The Labute approximate surface area is 85.9 Å². The molecular weight excluding hydrogens is 172 g/mol. The highest BCUT2D eigenvalue weighted by atomic mass is 15.2. The van der Waals surface area contributed by atoms with E-state index in [-0.39, 0.29) is 0 Å². The van der Waals surface area contributed by atoms with Crippen LogP contribution in [0.2, 0.25) is 0 Å². The summed E-state index contributed by atoms with van der Waals surface area (Å²) in [5, 5.41) is 3.27. The Morgan fingerprint density at radius 1 is 1.43 bits per heavy atom. The Hall–Kier alpha value is -1.02. The second-order valence-electron chi connectivity index (χ2n) is 3.83. The lowest BCUT2D eigenvalue weighted by Crippen LogP contribution is -2.38. The molecule has 14 heavy (non-hydrogen) atoms. The van der Waals surface area contributed by atoms with Crippen LogP contribution in [-0.4, -0.2) is 26.2 Å². The molecule has 0 aliphatic carbocycles. The van der Waals surface area contributed by atoms with Gasteiger partial charge in [-0.1, -0.05) is 18.2 Å². The molecule has 76 valence electrons. The number of nitrogens with one attached hydrogen (secondary N) is 1. The van der Waals surface area contributed by atoms with Gasteiger partial charge < -0.3 is 10.2 Å². The summed E-state index contributed by atoms with van der Waals surface area (Å²) in [6, 6.07) is 9.38. The van der Waals surface area contributed by atoms with Gasteiger partial charge >= 0.3 is 0 Å². The highest BCUT2D eigenvalue weighted by Crippen LogP contribution is 2.31. The lowest BCUT2D eigenvalue weighted by Gasteiger charge is -2.25. The lowest BCUT2D eigenvalue weighted by molar-refractivity contribution is 0.592. The van der Waals surface area contributed by atoms with Gasteiger partial charge in [0, 0.05) is 24.8 Å². The zero-order valence-corrected chi connectivity index (χ0v) is 8.96. The molecule has 0 saturated heterocycles. The normalized spacial score (nSPS) is 19.9. The van der Waals surface area contributed by atoms with E-state index in [1.807, 2.05) is 7.05 Å². The molecule has 1 aliphatic rings. The van der Waals surface area contributed by atoms with Crippen molar-refractivity contribution >= 4 is 5.69 Å². The fraction of sp³-hybridized carbons (Fsp3) is 0.500. The van der Waals surface area contributed by atoms with Crippen LogP contribution in [0.5, 0.6) is 0 Å². The van der Waals surface area contributed by atoms with Crippen molar-refractivity contribution in [1.29, 1.82) is 0 Å². The fourth-order valence-electron chi connectivity index (χ4n) is 2.37. The molecule has 0 aromatic heterocycles. The van der Waals surface area contributed by atoms with Crippen molar-refractivity contribution in [2.45, 2.75) is 19.4 Å². The summed E-state index contributed by atoms with van der Waals surface area (Å²) in [6.07, 6.45) is 1.19. The average molecular weight is 190 g/mol. The standard InChI is InChI=1S/C12H18N2/c1-3-14-11(9-13-2)8-10-6-4-5-7-12(10)14/h4-7,11,13H,3,8-9H2,1-2H3. The molecule has 1 heterocycles. The maximum atomic E-state index is 3.27. The maximum absolute atomic E-state index is 3.27. The topological polar surface area (TPSA) is 15.3 Å². The molecular formula is C12H18N2. The third-order valence-electron chi connectivity index (χ3n) is 2.98. The first-order valence-corrected chi connectivity index (χ1v) is 5.36. The van der Waals surface area contributed by atoms with Gasteiger partial charge in [-0.15, -0.1) is 0 Å². The van der Waals surface area contributed by atoms with Crippen molar-refractivity contribution in [3.63, 3.8) is 0 Å². The number of para-hydroxylation sites is 1. The van der Waals surface area contributed by atoms with Gasteiger partial charge in [0.05, 0.1) is 0 Å². The van der Waals surface area contributed by atoms with Crippen molar-refractivity contribution < 1.29 is 0 Å². The van der Waals surface area contributed by atoms with Gasteiger partial charge in [0.2, 0.25) is 0 Å². The van der Waals surface area contributed by atoms with Crippen molar-refractivity contribution in [2.75, 3.05) is 25.0 Å². The second-order valence-corrected chi connectivity index (χ2v) is 3.83. The van der Waals surface area contributed by atoms with Crippen molar-refractivity contribution in [3.05, 3.63) is 29.8 Å². The van der Waals surface area contributed by atoms with E-state index in [0.29, 0.717) is 6.04 Å². The van der Waals surface area contributed by atoms with E-state index in [0.717, 1.165) is 13.1 Å². The van der Waals surface area contributed by atoms with Crippen LogP contribution in [0, 0.1) is 0 Å². The predicted octanol–water partition coefficient (Wildman–Crippen LogP) is 1.66. The van der Waals surface area contributed by atoms with Crippen LogP contribution in [0.1, 0.15) is 12.5 Å². The molecule has 1 aromatic rings. The highest BCUT2D eigenvalue weighted by molar-refractivity contribution is 5.59. The number of hydrogen-bond donors (Lipinski definition) is 1. The number of benzene rings is 1. The minimum absolute atomic E-state index is 0.641. The molecule has 1 N–H and O–H groups in total. The molecule has 1 unspecified atom stereocenters. The summed E-state index contributed by atoms with van der Waals surface area (Å²) in [4.78, 5) is 2.49. The van der Waals surface area contributed by atoms with E-state index in [1.165, 1.54) is 17.7 Å². The molecule has 0 bridgehead atoms. The van der Waals surface area contributed by atoms with Gasteiger partial charge in [0.15, 0.2) is 0 Å². The smallest absolute Gasteiger partial charge is 0.0455 e. The Morgan fingerprint density at radius 2 is 2.21 bits per heavy atom. The van der Waals surface area contributed by atoms with Crippen LogP contribution in [0.3, 0.4) is 0 Å². The molecule has 0 amide bonds. The third kappa shape index (κ3) is 1.50. The van der Waals surface area contributed by atoms with E-state index in [1.54, 1.807) is 0 Å². The van der Waals surface area contributed by atoms with Gasteiger partial charge in [0.25, 0.3) is 0 Å². The summed E-state index contributed by atoms with van der Waals surface area (Å²) < 4.78 is 0. The van der Waals surface area contributed by atoms with Crippen molar-refractivity contribution in [3.8, 4) is 0 Å². The minimum atomic E-state index is 0.641. The zero-order valence-electron chi connectivity index (χ0n) is 8.96. The largest absolute Gasteiger partial charge is 0.367 e. The minimum Gasteiger partial charge on any atom is -0.367 e. The quantitative estimate of drug-likeness (QED) is 0.779. The van der Waals surface area contributed by atoms with E-state index < -0.39 is 0 Å². The van der Waals surface area contributed by atoms with Crippen LogP contribution in [0.4, 0.5) is 5.69 Å². The second kappa shape index (κ2) is 4.01. The number of likely N-dealkylation sites (N-methyl/N-ethyl adjacent to an activating group) is 2. The molecule has 1 atom stereocenters. The third-order valence-corrected chi connectivity index (χ3v) is 2.98. The van der Waals surface area contributed by atoms with E-state index in [2.05, 4.69) is 41.4 Å². The average Bonchev–Trinajstić information content (AvgIpc) is 2.55. The molecule has 2 heteroatoms. The summed E-state index contributed by atoms with van der Waals surface area (Å²) in [7, 11) is 2.02. The Kier molecular flexibility index (Phi) is 2.73. The summed E-state index contributed by atoms with van der Waals surface area (Å²) in [6.45, 7) is 4.40. The van der Waals surface area contributed by atoms with Crippen LogP contribution < -0.4 is 10.2 Å². The number of hydrogen-bond acceptors (Lipinski definition) is 2. The van der Waals surface area contributed by atoms with E-state index in [4.69, 9.17) is 0 Å². The van der Waals surface area contributed by atoms with Gasteiger partial charge in [-0.05, 0) is 32.0 Å². The number of anilines is 1. The molecule has 2 rings (SSSR count). The molecule has 1 aliphatic heterocycles. The van der Waals surface area contributed by atoms with E-state index >= 15 is 0 Å². The molecule has 0 radical (unpaired) electrons. The van der Waals surface area contributed by atoms with Gasteiger partial charge in [-0.2, -0.15) is 0 Å². The predicted molar refractivity (Wildman–Crippen MR) is 60.9 cm³/mol. The number of nitrogens with zero attached hydrogens (tertiary/aromatic N) is 1. The van der Waals surface area contributed by atoms with Gasteiger partial charge in [-0.3, -0.25) is 0 Å². The van der Waals surface area contributed by atoms with Gasteiger partial charge in [0.1, 0.15) is 0 Å². The first-order valence-electron chi connectivity index (χ1n) is 5.36. The van der Waals surface area contributed by atoms with Gasteiger partial charge in [-0.25, -0.2) is 0 Å². The monoisotopic (exact) mass is 190 g/mol. The number of rotatable bonds is 3. The maximum Gasteiger partial charge on any atom is 0.0455 e. The fourth-order valence-corrected chi connectivity index (χ4v) is 2.37. The molecule has 0 spiro atoms. The molecule has 1 aromatic carbocycles. The summed E-state index contributed by atoms with van der Waals surface area (Å²) in [5.41, 5.74) is 2.92. The summed E-state index contributed by atoms with van der Waals surface area (Å²) in [5.74, 6) is 0. The first kappa shape index (κ1) is 9.53. The van der Waals surface area contributed by atoms with Crippen molar-refractivity contribution in [1.82, 2.24) is 5.32 Å². The van der Waals surface area contributed by atoms with Crippen LogP contribution >= 0.6 is 0 Å². The number of fused-ring (bicyclic) bond motifs is 1. The van der Waals surface area contributed by atoms with Crippen LogP contribution in [0.25, 0.3) is 0 Å². The van der Waals surface area contributed by atoms with Crippen molar-refractivity contribution in [2.24, 2.45) is 0 Å². The Morgan fingerprint density at radius 3 is 2.93 bits per heavy atom. The zero-order chi connectivity index (χ0) is 9.97. The summed E-state index contributed by atoms with van der Waals surface area (Å²) >= 11 is 0.